The Morgan fingerprint density at radius 1 is 0.958 bits per heavy atom. The average Bonchev–Trinajstić information content (AvgIpc) is 2.62. The van der Waals surface area contributed by atoms with Crippen molar-refractivity contribution in [2.45, 2.75) is 6.42 Å². The van der Waals surface area contributed by atoms with Crippen molar-refractivity contribution in [3.05, 3.63) is 59.7 Å². The normalized spacial score (nSPS) is 9.88. The first-order valence-electron chi connectivity index (χ1n) is 7.67. The molecule has 0 spiro atoms. The molecule has 0 aliphatic heterocycles. The first-order chi connectivity index (χ1) is 11.6. The molecule has 124 valence electrons. The maximum absolute atomic E-state index is 11.8. The molecular weight excluding hydrogens is 304 g/mol. The van der Waals surface area contributed by atoms with Gasteiger partial charge in [0.05, 0.1) is 24.8 Å². The van der Waals surface area contributed by atoms with E-state index in [9.17, 15) is 4.79 Å². The van der Waals surface area contributed by atoms with Crippen LogP contribution < -0.4 is 9.47 Å². The molecule has 0 bridgehead atoms. The van der Waals surface area contributed by atoms with Crippen molar-refractivity contribution in [2.24, 2.45) is 0 Å². The average molecular weight is 324 g/mol. The van der Waals surface area contributed by atoms with Crippen molar-refractivity contribution in [2.75, 3.05) is 27.3 Å². The maximum Gasteiger partial charge on any atom is 0.253 e. The van der Waals surface area contributed by atoms with Gasteiger partial charge in [-0.05, 0) is 48.5 Å². The second-order valence-corrected chi connectivity index (χ2v) is 5.41. The zero-order valence-electron chi connectivity index (χ0n) is 13.9. The third-order valence-corrected chi connectivity index (χ3v) is 3.32. The predicted molar refractivity (Wildman–Crippen MR) is 91.2 cm³/mol. The Hall–Kier alpha value is -3.00. The summed E-state index contributed by atoms with van der Waals surface area (Å²) in [6.07, 6.45) is 0.735. The number of hydrogen-bond donors (Lipinski definition) is 0. The number of benzene rings is 2. The first kappa shape index (κ1) is 17.4. The molecule has 5 nitrogen and oxygen atoms in total. The second-order valence-electron chi connectivity index (χ2n) is 5.41. The van der Waals surface area contributed by atoms with Gasteiger partial charge in [0, 0.05) is 26.1 Å². The van der Waals surface area contributed by atoms with Crippen molar-refractivity contribution in [3.8, 4) is 17.6 Å². The van der Waals surface area contributed by atoms with Crippen LogP contribution in [0.1, 0.15) is 22.3 Å². The number of carbonyl (C=O) groups is 1. The van der Waals surface area contributed by atoms with Gasteiger partial charge in [0.15, 0.2) is 0 Å². The Morgan fingerprint density at radius 2 is 1.46 bits per heavy atom. The summed E-state index contributed by atoms with van der Waals surface area (Å²) in [4.78, 5) is 13.3. The Morgan fingerprint density at radius 3 is 1.92 bits per heavy atom. The van der Waals surface area contributed by atoms with E-state index in [2.05, 4.69) is 6.07 Å². The summed E-state index contributed by atoms with van der Waals surface area (Å²) in [5, 5.41) is 8.73. The molecule has 0 aliphatic rings. The van der Waals surface area contributed by atoms with Crippen LogP contribution in [0, 0.1) is 11.3 Å². The van der Waals surface area contributed by atoms with Gasteiger partial charge in [0.1, 0.15) is 11.5 Å². The van der Waals surface area contributed by atoms with Gasteiger partial charge in [0.2, 0.25) is 0 Å². The highest BCUT2D eigenvalue weighted by atomic mass is 16.5. The lowest BCUT2D eigenvalue weighted by molar-refractivity contribution is 0.0827. The molecular formula is C19H20N2O3. The van der Waals surface area contributed by atoms with Gasteiger partial charge in [-0.3, -0.25) is 4.79 Å². The molecule has 0 aromatic heterocycles. The van der Waals surface area contributed by atoms with Gasteiger partial charge >= 0.3 is 0 Å². The molecule has 0 aliphatic carbocycles. The number of ether oxygens (including phenoxy) is 2. The minimum Gasteiger partial charge on any atom is -0.493 e. The van der Waals surface area contributed by atoms with Crippen molar-refractivity contribution >= 4 is 5.91 Å². The lowest BCUT2D eigenvalue weighted by atomic mass is 10.2. The number of nitrogens with zero attached hydrogens (tertiary/aromatic N) is 2. The highest BCUT2D eigenvalue weighted by molar-refractivity contribution is 5.93. The lowest BCUT2D eigenvalue weighted by Crippen LogP contribution is -2.21. The van der Waals surface area contributed by atoms with Crippen LogP contribution in [0.25, 0.3) is 0 Å². The summed E-state index contributed by atoms with van der Waals surface area (Å²) >= 11 is 0. The summed E-state index contributed by atoms with van der Waals surface area (Å²) < 4.78 is 11.2. The van der Waals surface area contributed by atoms with Crippen LogP contribution in [0.5, 0.6) is 11.5 Å². The number of carbonyl (C=O) groups excluding carboxylic acids is 1. The fourth-order valence-electron chi connectivity index (χ4n) is 2.02. The molecule has 24 heavy (non-hydrogen) atoms. The van der Waals surface area contributed by atoms with Crippen molar-refractivity contribution < 1.29 is 14.3 Å². The van der Waals surface area contributed by atoms with E-state index in [-0.39, 0.29) is 5.91 Å². The predicted octanol–water partition coefficient (Wildman–Crippen LogP) is 3.11. The Bertz CT molecular complexity index is 701. The monoisotopic (exact) mass is 324 g/mol. The van der Waals surface area contributed by atoms with E-state index >= 15 is 0 Å². The Labute approximate surface area is 142 Å². The van der Waals surface area contributed by atoms with E-state index in [1.165, 1.54) is 4.90 Å². The molecule has 0 atom stereocenters. The van der Waals surface area contributed by atoms with Crippen molar-refractivity contribution in [1.29, 1.82) is 5.26 Å². The molecule has 0 radical (unpaired) electrons. The van der Waals surface area contributed by atoms with Gasteiger partial charge in [-0.1, -0.05) is 0 Å². The largest absolute Gasteiger partial charge is 0.493 e. The molecule has 2 aromatic carbocycles. The number of amides is 1. The standard InChI is InChI=1S/C19H20N2O3/c1-21(2)19(22)16-6-10-18(11-7-16)24-13-3-12-23-17-8-4-15(14-20)5-9-17/h4-11H,3,12-13H2,1-2H3. The highest BCUT2D eigenvalue weighted by Gasteiger charge is 2.07. The molecule has 0 unspecified atom stereocenters. The van der Waals surface area contributed by atoms with Crippen LogP contribution in [-0.4, -0.2) is 38.1 Å². The smallest absolute Gasteiger partial charge is 0.253 e. The van der Waals surface area contributed by atoms with E-state index in [1.807, 2.05) is 0 Å². The third-order valence-electron chi connectivity index (χ3n) is 3.32. The maximum atomic E-state index is 11.8. The van der Waals surface area contributed by atoms with Gasteiger partial charge < -0.3 is 14.4 Å². The van der Waals surface area contributed by atoms with Gasteiger partial charge in [0.25, 0.3) is 5.91 Å². The number of hydrogen-bond acceptors (Lipinski definition) is 4. The molecule has 0 saturated carbocycles. The fraction of sp³-hybridized carbons (Fsp3) is 0.263. The van der Waals surface area contributed by atoms with Crippen molar-refractivity contribution in [3.63, 3.8) is 0 Å². The summed E-state index contributed by atoms with van der Waals surface area (Å²) in [5.74, 6) is 1.43. The van der Waals surface area contributed by atoms with Gasteiger partial charge in [-0.15, -0.1) is 0 Å². The Kier molecular flexibility index (Phi) is 6.21. The van der Waals surface area contributed by atoms with E-state index < -0.39 is 0 Å². The van der Waals surface area contributed by atoms with Gasteiger partial charge in [-0.25, -0.2) is 0 Å². The topological polar surface area (TPSA) is 62.6 Å². The highest BCUT2D eigenvalue weighted by Crippen LogP contribution is 2.14. The second kappa shape index (κ2) is 8.59. The summed E-state index contributed by atoms with van der Waals surface area (Å²) in [6.45, 7) is 1.06. The minimum absolute atomic E-state index is 0.0302. The molecule has 0 saturated heterocycles. The molecule has 2 rings (SSSR count). The molecule has 1 amide bonds. The van der Waals surface area contributed by atoms with Gasteiger partial charge in [-0.2, -0.15) is 5.26 Å². The van der Waals surface area contributed by atoms with Crippen LogP contribution in [-0.2, 0) is 0 Å². The Balaban J connectivity index is 1.70. The summed E-state index contributed by atoms with van der Waals surface area (Å²) in [7, 11) is 3.45. The molecule has 0 fully saturated rings. The molecule has 0 N–H and O–H groups in total. The summed E-state index contributed by atoms with van der Waals surface area (Å²) in [6, 6.07) is 16.2. The van der Waals surface area contributed by atoms with Crippen molar-refractivity contribution in [1.82, 2.24) is 4.90 Å². The zero-order valence-corrected chi connectivity index (χ0v) is 13.9. The van der Waals surface area contributed by atoms with E-state index in [0.29, 0.717) is 24.3 Å². The van der Waals surface area contributed by atoms with E-state index in [4.69, 9.17) is 14.7 Å². The molecule has 2 aromatic rings. The van der Waals surface area contributed by atoms with Crippen LogP contribution in [0.3, 0.4) is 0 Å². The fourth-order valence-corrected chi connectivity index (χ4v) is 2.02. The quantitative estimate of drug-likeness (QED) is 0.734. The van der Waals surface area contributed by atoms with E-state index in [1.54, 1.807) is 62.6 Å². The number of rotatable bonds is 7. The van der Waals surface area contributed by atoms with E-state index in [0.717, 1.165) is 17.9 Å². The van der Waals surface area contributed by atoms with Crippen LogP contribution in [0.15, 0.2) is 48.5 Å². The third kappa shape index (κ3) is 5.03. The first-order valence-corrected chi connectivity index (χ1v) is 7.67. The van der Waals surface area contributed by atoms with Crippen LogP contribution in [0.4, 0.5) is 0 Å². The van der Waals surface area contributed by atoms with Crippen LogP contribution >= 0.6 is 0 Å². The SMILES string of the molecule is CN(C)C(=O)c1ccc(OCCCOc2ccc(C#N)cc2)cc1. The molecule has 5 heteroatoms. The lowest BCUT2D eigenvalue weighted by Gasteiger charge is -2.11. The summed E-state index contributed by atoms with van der Waals surface area (Å²) in [5.41, 5.74) is 1.25. The minimum atomic E-state index is -0.0302. The van der Waals surface area contributed by atoms with Crippen LogP contribution in [0.2, 0.25) is 0 Å². The number of nitriles is 1. The zero-order chi connectivity index (χ0) is 17.4. The molecule has 0 heterocycles.